The van der Waals surface area contributed by atoms with E-state index in [1.807, 2.05) is 18.2 Å². The molecule has 0 saturated heterocycles. The van der Waals surface area contributed by atoms with Gasteiger partial charge in [-0.2, -0.15) is 0 Å². The van der Waals surface area contributed by atoms with Gasteiger partial charge in [-0.05, 0) is 37.3 Å². The van der Waals surface area contributed by atoms with Crippen LogP contribution < -0.4 is 10.5 Å². The molecule has 0 aliphatic heterocycles. The maximum absolute atomic E-state index is 6.19. The van der Waals surface area contributed by atoms with Crippen molar-refractivity contribution in [3.05, 3.63) is 41.9 Å². The summed E-state index contributed by atoms with van der Waals surface area (Å²) in [4.78, 5) is 13.3. The number of nitrogens with zero attached hydrogens (tertiary/aromatic N) is 3. The predicted molar refractivity (Wildman–Crippen MR) is 90.4 cm³/mol. The van der Waals surface area contributed by atoms with E-state index in [0.29, 0.717) is 11.5 Å². The Morgan fingerprint density at radius 3 is 2.78 bits per heavy atom. The van der Waals surface area contributed by atoms with Gasteiger partial charge in [-0.25, -0.2) is 15.0 Å². The molecule has 2 heterocycles. The van der Waals surface area contributed by atoms with Crippen LogP contribution in [0.2, 0.25) is 0 Å². The summed E-state index contributed by atoms with van der Waals surface area (Å²) in [5, 5.41) is 0.831. The van der Waals surface area contributed by atoms with Crippen LogP contribution in [0.5, 0.6) is 5.75 Å². The lowest BCUT2D eigenvalue weighted by atomic mass is 9.87. The van der Waals surface area contributed by atoms with Gasteiger partial charge in [0.2, 0.25) is 0 Å². The highest BCUT2D eigenvalue weighted by molar-refractivity contribution is 6.02. The number of hydrogen-bond donors (Lipinski definition) is 1. The molecule has 2 aromatic heterocycles. The Morgan fingerprint density at radius 2 is 1.91 bits per heavy atom. The third-order valence-electron chi connectivity index (χ3n) is 4.46. The summed E-state index contributed by atoms with van der Waals surface area (Å²) in [6.45, 7) is 0. The highest BCUT2D eigenvalue weighted by Gasteiger charge is 2.23. The first-order valence-corrected chi connectivity index (χ1v) is 7.85. The summed E-state index contributed by atoms with van der Waals surface area (Å²) in [5.41, 5.74) is 11.4. The molecule has 0 unspecified atom stereocenters. The van der Waals surface area contributed by atoms with E-state index < -0.39 is 0 Å². The molecule has 23 heavy (non-hydrogen) atoms. The largest absolute Gasteiger partial charge is 0.496 e. The molecule has 2 N–H and O–H groups in total. The summed E-state index contributed by atoms with van der Waals surface area (Å²) in [6.07, 6.45) is 5.79. The first-order valence-electron chi connectivity index (χ1n) is 7.85. The molecular formula is C18H18N4O. The Kier molecular flexibility index (Phi) is 3.33. The average Bonchev–Trinajstić information content (AvgIpc) is 2.60. The number of para-hydroxylation sites is 1. The van der Waals surface area contributed by atoms with Crippen molar-refractivity contribution in [3.8, 4) is 16.9 Å². The lowest BCUT2D eigenvalue weighted by Crippen LogP contribution is -2.10. The summed E-state index contributed by atoms with van der Waals surface area (Å²) < 4.78 is 5.58. The Labute approximate surface area is 134 Å². The predicted octanol–water partition coefficient (Wildman–Crippen LogP) is 3.16. The molecule has 3 aromatic rings. The fourth-order valence-electron chi connectivity index (χ4n) is 3.42. The zero-order chi connectivity index (χ0) is 15.8. The second-order valence-electron chi connectivity index (χ2n) is 5.78. The number of ether oxygens (including phenoxy) is 1. The van der Waals surface area contributed by atoms with E-state index in [-0.39, 0.29) is 0 Å². The summed E-state index contributed by atoms with van der Waals surface area (Å²) in [5.74, 6) is 1.30. The van der Waals surface area contributed by atoms with Gasteiger partial charge in [0, 0.05) is 16.8 Å². The number of fused-ring (bicyclic) bond motifs is 2. The molecule has 1 aromatic carbocycles. The van der Waals surface area contributed by atoms with Gasteiger partial charge in [0.15, 0.2) is 5.65 Å². The fourth-order valence-corrected chi connectivity index (χ4v) is 3.42. The standard InChI is InChI=1S/C18H18N4O/c1-23-14-9-5-3-7-12(14)15-11-6-2-4-8-13(11)22-18-16(15)17(19)20-10-21-18/h3,5,7,9-10H,2,4,6,8H2,1H3,(H2,19,20,21,22). The van der Waals surface area contributed by atoms with Gasteiger partial charge in [-0.3, -0.25) is 0 Å². The Bertz CT molecular complexity index is 892. The van der Waals surface area contributed by atoms with Gasteiger partial charge >= 0.3 is 0 Å². The number of nitrogens with two attached hydrogens (primary N) is 1. The van der Waals surface area contributed by atoms with E-state index in [1.54, 1.807) is 7.11 Å². The smallest absolute Gasteiger partial charge is 0.165 e. The van der Waals surface area contributed by atoms with Crippen LogP contribution >= 0.6 is 0 Å². The first kappa shape index (κ1) is 13.9. The van der Waals surface area contributed by atoms with Gasteiger partial charge in [-0.1, -0.05) is 18.2 Å². The second-order valence-corrected chi connectivity index (χ2v) is 5.78. The Balaban J connectivity index is 2.15. The van der Waals surface area contributed by atoms with Crippen LogP contribution in [0, 0.1) is 0 Å². The third-order valence-corrected chi connectivity index (χ3v) is 4.46. The zero-order valence-electron chi connectivity index (χ0n) is 13.0. The molecule has 0 radical (unpaired) electrons. The summed E-state index contributed by atoms with van der Waals surface area (Å²) in [7, 11) is 1.69. The third kappa shape index (κ3) is 2.20. The number of hydrogen-bond acceptors (Lipinski definition) is 5. The van der Waals surface area contributed by atoms with Crippen LogP contribution in [0.4, 0.5) is 5.82 Å². The number of benzene rings is 1. The SMILES string of the molecule is COc1ccccc1-c1c2c(nc3ncnc(N)c13)CCCC2. The molecule has 4 rings (SSSR count). The van der Waals surface area contributed by atoms with Gasteiger partial charge in [-0.15, -0.1) is 0 Å². The number of pyridine rings is 1. The van der Waals surface area contributed by atoms with Crippen molar-refractivity contribution < 1.29 is 4.74 Å². The lowest BCUT2D eigenvalue weighted by molar-refractivity contribution is 0.416. The molecule has 0 spiro atoms. The molecule has 116 valence electrons. The number of methoxy groups -OCH3 is 1. The topological polar surface area (TPSA) is 73.9 Å². The molecule has 0 fully saturated rings. The monoisotopic (exact) mass is 306 g/mol. The van der Waals surface area contributed by atoms with Crippen molar-refractivity contribution in [3.63, 3.8) is 0 Å². The zero-order valence-corrected chi connectivity index (χ0v) is 13.0. The molecule has 0 saturated carbocycles. The van der Waals surface area contributed by atoms with Gasteiger partial charge < -0.3 is 10.5 Å². The molecule has 0 atom stereocenters. The molecule has 1 aliphatic carbocycles. The number of nitrogen functional groups attached to an aromatic ring is 1. The maximum atomic E-state index is 6.19. The van der Waals surface area contributed by atoms with Crippen molar-refractivity contribution in [1.82, 2.24) is 15.0 Å². The fraction of sp³-hybridized carbons (Fsp3) is 0.278. The lowest BCUT2D eigenvalue weighted by Gasteiger charge is -2.22. The van der Waals surface area contributed by atoms with Crippen LogP contribution in [0.15, 0.2) is 30.6 Å². The van der Waals surface area contributed by atoms with Crippen molar-refractivity contribution >= 4 is 16.9 Å². The maximum Gasteiger partial charge on any atom is 0.165 e. The molecule has 0 bridgehead atoms. The second kappa shape index (κ2) is 5.50. The van der Waals surface area contributed by atoms with E-state index in [0.717, 1.165) is 53.6 Å². The normalized spacial score (nSPS) is 13.8. The van der Waals surface area contributed by atoms with E-state index in [4.69, 9.17) is 15.5 Å². The van der Waals surface area contributed by atoms with Crippen molar-refractivity contribution in [2.45, 2.75) is 25.7 Å². The van der Waals surface area contributed by atoms with Crippen LogP contribution in [-0.2, 0) is 12.8 Å². The van der Waals surface area contributed by atoms with Crippen molar-refractivity contribution in [2.24, 2.45) is 0 Å². The number of aromatic nitrogens is 3. The van der Waals surface area contributed by atoms with Crippen LogP contribution in [0.25, 0.3) is 22.2 Å². The van der Waals surface area contributed by atoms with Crippen LogP contribution in [0.3, 0.4) is 0 Å². The van der Waals surface area contributed by atoms with Crippen molar-refractivity contribution in [2.75, 3.05) is 12.8 Å². The molecule has 0 amide bonds. The number of rotatable bonds is 2. The Hall–Kier alpha value is -2.69. The van der Waals surface area contributed by atoms with E-state index in [1.165, 1.54) is 11.9 Å². The minimum Gasteiger partial charge on any atom is -0.496 e. The van der Waals surface area contributed by atoms with E-state index in [9.17, 15) is 0 Å². The summed E-state index contributed by atoms with van der Waals surface area (Å²) in [6, 6.07) is 8.02. The highest BCUT2D eigenvalue weighted by Crippen LogP contribution is 2.41. The average molecular weight is 306 g/mol. The summed E-state index contributed by atoms with van der Waals surface area (Å²) >= 11 is 0. The molecular weight excluding hydrogens is 288 g/mol. The molecule has 5 heteroatoms. The molecule has 1 aliphatic rings. The van der Waals surface area contributed by atoms with Crippen LogP contribution in [-0.4, -0.2) is 22.1 Å². The first-order chi connectivity index (χ1) is 11.3. The van der Waals surface area contributed by atoms with E-state index in [2.05, 4.69) is 16.0 Å². The van der Waals surface area contributed by atoms with Gasteiger partial charge in [0.05, 0.1) is 12.5 Å². The minimum atomic E-state index is 0.469. The minimum absolute atomic E-state index is 0.469. The van der Waals surface area contributed by atoms with Gasteiger partial charge in [0.1, 0.15) is 17.9 Å². The number of aryl methyl sites for hydroxylation is 1. The Morgan fingerprint density at radius 1 is 1.09 bits per heavy atom. The number of anilines is 1. The van der Waals surface area contributed by atoms with E-state index >= 15 is 0 Å². The molecule has 5 nitrogen and oxygen atoms in total. The van der Waals surface area contributed by atoms with Gasteiger partial charge in [0.25, 0.3) is 0 Å². The van der Waals surface area contributed by atoms with Crippen LogP contribution in [0.1, 0.15) is 24.1 Å². The highest BCUT2D eigenvalue weighted by atomic mass is 16.5. The van der Waals surface area contributed by atoms with Crippen molar-refractivity contribution in [1.29, 1.82) is 0 Å². The quantitative estimate of drug-likeness (QED) is 0.787.